The Morgan fingerprint density at radius 1 is 1.62 bits per heavy atom. The van der Waals surface area contributed by atoms with Gasteiger partial charge in [0, 0.05) is 6.92 Å². The van der Waals surface area contributed by atoms with Crippen LogP contribution < -0.4 is 0 Å². The molecule has 0 rings (SSSR count). The van der Waals surface area contributed by atoms with E-state index in [2.05, 4.69) is 4.74 Å². The minimum absolute atomic E-state index is 0. The number of ether oxygens (including phenoxy) is 1. The van der Waals surface area contributed by atoms with E-state index in [1.165, 1.54) is 0 Å². The molecule has 0 aliphatic carbocycles. The van der Waals surface area contributed by atoms with Crippen LogP contribution in [-0.2, 0) is 14.3 Å². The Bertz CT molecular complexity index is 74.9. The van der Waals surface area contributed by atoms with Crippen molar-refractivity contribution < 1.29 is 14.3 Å². The van der Waals surface area contributed by atoms with Crippen LogP contribution in [0, 0.1) is 0 Å². The number of esters is 1. The summed E-state index contributed by atoms with van der Waals surface area (Å²) in [6.07, 6.45) is 0. The maximum atomic E-state index is 9.59. The molecule has 0 bridgehead atoms. The first-order valence-corrected chi connectivity index (χ1v) is 1.38. The molecule has 0 aliphatic rings. The van der Waals surface area contributed by atoms with Gasteiger partial charge in [-0.2, -0.15) is 0 Å². The van der Waals surface area contributed by atoms with E-state index in [1.54, 1.807) is 0 Å². The molecule has 38 valence electrons. The topological polar surface area (TPSA) is 43.4 Å². The van der Waals surface area contributed by atoms with Crippen molar-refractivity contribution in [1.82, 2.24) is 0 Å². The van der Waals surface area contributed by atoms with E-state index in [4.69, 9.17) is 0 Å². The summed E-state index contributed by atoms with van der Waals surface area (Å²) in [6, 6.07) is 0. The Labute approximate surface area is 112 Å². The van der Waals surface area contributed by atoms with Crippen molar-refractivity contribution >= 4 is 93.4 Å². The van der Waals surface area contributed by atoms with Crippen molar-refractivity contribution in [3.05, 3.63) is 0 Å². The molecule has 0 saturated carbocycles. The Balaban J connectivity index is -0.000000125. The maximum absolute atomic E-state index is 9.59. The van der Waals surface area contributed by atoms with E-state index in [-0.39, 0.29) is 87.4 Å². The predicted octanol–water partition coefficient (Wildman–Crippen LogP) is -1.59. The number of rotatable bonds is 1. The van der Waals surface area contributed by atoms with E-state index in [0.29, 0.717) is 0 Å². The zero-order chi connectivity index (χ0) is 4.99. The van der Waals surface area contributed by atoms with Crippen molar-refractivity contribution in [2.45, 2.75) is 6.92 Å². The molecule has 0 aromatic rings. The Kier molecular flexibility index (Phi) is 23.7. The van der Waals surface area contributed by atoms with Gasteiger partial charge < -0.3 is 4.74 Å². The van der Waals surface area contributed by atoms with Gasteiger partial charge in [0.05, 0.1) is 0 Å². The molecule has 0 unspecified atom stereocenters. The quantitative estimate of drug-likeness (QED) is 0.197. The number of carbonyl (C=O) groups excluding carboxylic acids is 2. The van der Waals surface area contributed by atoms with Crippen LogP contribution in [0.15, 0.2) is 0 Å². The average molecular weight is 152 g/mol. The summed E-state index contributed by atoms with van der Waals surface area (Å²) < 4.78 is 3.72. The second-order valence-electron chi connectivity index (χ2n) is 0.706. The Morgan fingerprint density at radius 2 is 2.00 bits per heavy atom. The Hall–Kier alpha value is 1.78. The van der Waals surface area contributed by atoms with Gasteiger partial charge in [-0.05, 0) is 0 Å². The number of hydrogen-bond acceptors (Lipinski definition) is 3. The normalized spacial score (nSPS) is 5.12. The summed E-state index contributed by atoms with van der Waals surface area (Å²) in [5.41, 5.74) is 0. The van der Waals surface area contributed by atoms with Crippen molar-refractivity contribution in [3.8, 4) is 0 Å². The zero-order valence-corrected chi connectivity index (χ0v) is 3.30. The van der Waals surface area contributed by atoms with Crippen LogP contribution in [0.25, 0.3) is 0 Å². The van der Waals surface area contributed by atoms with Gasteiger partial charge in [0.15, 0.2) is 0 Å². The van der Waals surface area contributed by atoms with E-state index in [0.717, 1.165) is 6.92 Å². The molecule has 0 N–H and O–H groups in total. The molecule has 0 aromatic carbocycles. The van der Waals surface area contributed by atoms with Gasteiger partial charge in [-0.3, -0.25) is 9.59 Å². The first kappa shape index (κ1) is 16.4. The molecule has 3 nitrogen and oxygen atoms in total. The summed E-state index contributed by atoms with van der Waals surface area (Å²) in [7, 11) is 0. The molecular weight excluding hydrogens is 146 g/mol. The predicted molar refractivity (Wildman–Crippen MR) is 32.1 cm³/mol. The minimum atomic E-state index is -0.579. The molecule has 0 radical (unpaired) electrons. The summed E-state index contributed by atoms with van der Waals surface area (Å²) >= 11 is 0. The van der Waals surface area contributed by atoms with E-state index in [1.807, 2.05) is 0 Å². The molecule has 0 saturated heterocycles. The third-order valence-corrected chi connectivity index (χ3v) is 0.214. The fraction of sp³-hybridized carbons (Fsp3) is 0.333. The molecule has 8 heavy (non-hydrogen) atoms. The summed E-state index contributed by atoms with van der Waals surface area (Å²) in [5.74, 6) is -0.579. The van der Waals surface area contributed by atoms with Crippen LogP contribution in [0.4, 0.5) is 0 Å². The summed E-state index contributed by atoms with van der Waals surface area (Å²) in [4.78, 5) is 18.8. The van der Waals surface area contributed by atoms with Gasteiger partial charge in [0.1, 0.15) is 0 Å². The second-order valence-corrected chi connectivity index (χ2v) is 0.706. The second kappa shape index (κ2) is 11.6. The van der Waals surface area contributed by atoms with Crippen LogP contribution >= 0.6 is 0 Å². The zero-order valence-electron chi connectivity index (χ0n) is 3.30. The molecule has 0 atom stereocenters. The van der Waals surface area contributed by atoms with Gasteiger partial charge in [-0.15, -0.1) is 0 Å². The van der Waals surface area contributed by atoms with Crippen molar-refractivity contribution in [3.63, 3.8) is 0 Å². The van der Waals surface area contributed by atoms with E-state index in [9.17, 15) is 9.59 Å². The van der Waals surface area contributed by atoms with Gasteiger partial charge >= 0.3 is 93.4 Å². The first-order chi connectivity index (χ1) is 2.77. The standard InChI is InChI=1S/C3H4O3.K.Na.2H/c1-3(5)6-2-4;;;;/h2H,1H3;;;;. The molecule has 0 heterocycles. The molecule has 0 fully saturated rings. The number of carbonyl (C=O) groups is 2. The van der Waals surface area contributed by atoms with Gasteiger partial charge in [0.25, 0.3) is 0 Å². The molecule has 5 heteroatoms. The monoisotopic (exact) mass is 152 g/mol. The first-order valence-electron chi connectivity index (χ1n) is 1.38. The van der Waals surface area contributed by atoms with E-state index >= 15 is 0 Å². The van der Waals surface area contributed by atoms with E-state index < -0.39 is 5.97 Å². The van der Waals surface area contributed by atoms with Crippen LogP contribution in [0.5, 0.6) is 0 Å². The summed E-state index contributed by atoms with van der Waals surface area (Å²) in [6.45, 7) is 1.26. The Morgan fingerprint density at radius 3 is 2.00 bits per heavy atom. The molecule has 0 spiro atoms. The summed E-state index contributed by atoms with van der Waals surface area (Å²) in [5, 5.41) is 0. The average Bonchev–Trinajstić information content (AvgIpc) is 1.35. The van der Waals surface area contributed by atoms with Crippen molar-refractivity contribution in [2.75, 3.05) is 0 Å². The van der Waals surface area contributed by atoms with Gasteiger partial charge in [0.2, 0.25) is 0 Å². The van der Waals surface area contributed by atoms with Crippen molar-refractivity contribution in [1.29, 1.82) is 0 Å². The fourth-order valence-electron chi connectivity index (χ4n) is 0.0678. The van der Waals surface area contributed by atoms with Crippen LogP contribution in [0.3, 0.4) is 0 Å². The fourth-order valence-corrected chi connectivity index (χ4v) is 0.0678. The number of hydrogen-bond donors (Lipinski definition) is 0. The SMILES string of the molecule is CC(=O)OC=O.[KH].[NaH]. The van der Waals surface area contributed by atoms with Gasteiger partial charge in [-0.1, -0.05) is 0 Å². The third-order valence-electron chi connectivity index (χ3n) is 0.214. The molecule has 0 amide bonds. The van der Waals surface area contributed by atoms with Crippen molar-refractivity contribution in [2.24, 2.45) is 0 Å². The molecular formula is C3H6KNaO3. The molecule has 0 aliphatic heterocycles. The van der Waals surface area contributed by atoms with Crippen LogP contribution in [0.2, 0.25) is 0 Å². The molecule has 0 aromatic heterocycles. The third kappa shape index (κ3) is 15.7. The van der Waals surface area contributed by atoms with Gasteiger partial charge in [-0.25, -0.2) is 0 Å². The van der Waals surface area contributed by atoms with Crippen LogP contribution in [-0.4, -0.2) is 93.4 Å². The van der Waals surface area contributed by atoms with Crippen LogP contribution in [0.1, 0.15) is 6.92 Å².